The summed E-state index contributed by atoms with van der Waals surface area (Å²) >= 11 is 0. The molecule has 3 atom stereocenters. The Morgan fingerprint density at radius 3 is 2.32 bits per heavy atom. The maximum absolute atomic E-state index is 13.5. The molecule has 162 valence electrons. The first-order valence-electron chi connectivity index (χ1n) is 9.21. The summed E-state index contributed by atoms with van der Waals surface area (Å²) in [4.78, 5) is 12.3. The highest BCUT2D eigenvalue weighted by Crippen LogP contribution is 2.47. The Labute approximate surface area is 161 Å². The topological polar surface area (TPSA) is 107 Å². The van der Waals surface area contributed by atoms with Crippen molar-refractivity contribution < 1.29 is 41.3 Å². The maximum Gasteiger partial charge on any atom is 0.407 e. The van der Waals surface area contributed by atoms with E-state index in [0.29, 0.717) is 12.8 Å². The number of nitrogens with zero attached hydrogens (tertiary/aromatic N) is 2. The van der Waals surface area contributed by atoms with Crippen LogP contribution < -0.4 is 0 Å². The van der Waals surface area contributed by atoms with Crippen LogP contribution in [0.25, 0.3) is 0 Å². The van der Waals surface area contributed by atoms with Gasteiger partial charge in [0.1, 0.15) is 5.92 Å². The summed E-state index contributed by atoms with van der Waals surface area (Å²) in [7, 11) is -2.48. The molecule has 1 spiro atoms. The van der Waals surface area contributed by atoms with Gasteiger partial charge in [0.05, 0.1) is 29.6 Å². The lowest BCUT2D eigenvalue weighted by atomic mass is 9.86. The second-order valence-electron chi connectivity index (χ2n) is 7.90. The number of sulfonamides is 1. The van der Waals surface area contributed by atoms with Crippen LogP contribution in [0.3, 0.4) is 0 Å². The van der Waals surface area contributed by atoms with Crippen molar-refractivity contribution in [3.8, 4) is 0 Å². The van der Waals surface area contributed by atoms with E-state index in [0.717, 1.165) is 9.21 Å². The molecular formula is C16H25F3N2O6S. The monoisotopic (exact) mass is 430 g/mol. The molecule has 3 rings (SSSR count). The first-order valence-corrected chi connectivity index (χ1v) is 10.7. The highest BCUT2D eigenvalue weighted by molar-refractivity contribution is 7.90. The fourth-order valence-corrected chi connectivity index (χ4v) is 5.98. The number of halogens is 3. The van der Waals surface area contributed by atoms with E-state index in [1.165, 1.54) is 7.05 Å². The number of hydrogen-bond acceptors (Lipinski definition) is 5. The minimum Gasteiger partial charge on any atom is -0.465 e. The van der Waals surface area contributed by atoms with Crippen molar-refractivity contribution in [2.24, 2.45) is 5.92 Å². The zero-order valence-corrected chi connectivity index (χ0v) is 16.2. The van der Waals surface area contributed by atoms with Gasteiger partial charge < -0.3 is 19.8 Å². The number of hydrogen-bond donors (Lipinski definition) is 2. The molecule has 28 heavy (non-hydrogen) atoms. The minimum absolute atomic E-state index is 0.0418. The summed E-state index contributed by atoms with van der Waals surface area (Å²) in [5, 5.41) is 17.9. The molecule has 2 saturated heterocycles. The summed E-state index contributed by atoms with van der Waals surface area (Å²) in [6.45, 7) is -1.01. The van der Waals surface area contributed by atoms with Crippen LogP contribution in [0.2, 0.25) is 0 Å². The van der Waals surface area contributed by atoms with Gasteiger partial charge in [-0.05, 0) is 32.1 Å². The number of amides is 1. The molecule has 0 aromatic rings. The van der Waals surface area contributed by atoms with Crippen LogP contribution in [-0.4, -0.2) is 89.8 Å². The summed E-state index contributed by atoms with van der Waals surface area (Å²) < 4.78 is 72.6. The molecule has 2 aliphatic heterocycles. The molecule has 0 radical (unpaired) electrons. The predicted molar refractivity (Wildman–Crippen MR) is 91.2 cm³/mol. The number of likely N-dealkylation sites (tertiary alicyclic amines) is 1. The van der Waals surface area contributed by atoms with E-state index in [1.807, 2.05) is 0 Å². The molecule has 2 heterocycles. The Hall–Kier alpha value is -1.11. The highest BCUT2D eigenvalue weighted by atomic mass is 32.2. The van der Waals surface area contributed by atoms with Crippen molar-refractivity contribution in [1.29, 1.82) is 0 Å². The number of aliphatic hydroxyl groups excluding tert-OH is 1. The average molecular weight is 430 g/mol. The standard InChI is InChI=1S/C16H25F3N2O6S/c1-20(28(25,26)10-2-3-10)12-8-15(4-6-21(7-5-15)14(23)24)27-13(12)11(9-22)16(17,18)19/h10-13,22H,2-9H2,1H3,(H,23,24)/t11?,12-,13-/m1/s1. The molecule has 0 bridgehead atoms. The van der Waals surface area contributed by atoms with Gasteiger partial charge in [-0.3, -0.25) is 0 Å². The van der Waals surface area contributed by atoms with Crippen molar-refractivity contribution >= 4 is 16.1 Å². The van der Waals surface area contributed by atoms with Crippen LogP contribution in [0.15, 0.2) is 0 Å². The molecule has 12 heteroatoms. The third kappa shape index (κ3) is 3.96. The minimum atomic E-state index is -4.75. The van der Waals surface area contributed by atoms with E-state index >= 15 is 0 Å². The zero-order valence-electron chi connectivity index (χ0n) is 15.4. The van der Waals surface area contributed by atoms with Crippen LogP contribution >= 0.6 is 0 Å². The van der Waals surface area contributed by atoms with Crippen LogP contribution in [0.5, 0.6) is 0 Å². The molecule has 3 fully saturated rings. The van der Waals surface area contributed by atoms with Gasteiger partial charge in [0.25, 0.3) is 0 Å². The second kappa shape index (κ2) is 7.29. The normalized spacial score (nSPS) is 29.4. The summed E-state index contributed by atoms with van der Waals surface area (Å²) in [5.74, 6) is -2.22. The van der Waals surface area contributed by atoms with Crippen molar-refractivity contribution in [3.63, 3.8) is 0 Å². The SMILES string of the molecule is CN([C@@H]1CC2(CCN(C(=O)O)CC2)O[C@@H]1C(CO)C(F)(F)F)S(=O)(=O)C1CC1. The number of rotatable bonds is 5. The van der Waals surface area contributed by atoms with Gasteiger partial charge >= 0.3 is 12.3 Å². The first kappa shape index (κ1) is 21.6. The number of ether oxygens (including phenoxy) is 1. The highest BCUT2D eigenvalue weighted by Gasteiger charge is 2.59. The molecular weight excluding hydrogens is 405 g/mol. The lowest BCUT2D eigenvalue weighted by Gasteiger charge is -2.38. The summed E-state index contributed by atoms with van der Waals surface area (Å²) in [6, 6.07) is -1.07. The Balaban J connectivity index is 1.87. The third-order valence-electron chi connectivity index (χ3n) is 6.12. The Bertz CT molecular complexity index is 704. The molecule has 8 nitrogen and oxygen atoms in total. The van der Waals surface area contributed by atoms with Crippen molar-refractivity contribution in [3.05, 3.63) is 0 Å². The fourth-order valence-electron chi connectivity index (χ4n) is 4.21. The van der Waals surface area contributed by atoms with E-state index in [-0.39, 0.29) is 32.4 Å². The molecule has 0 aromatic carbocycles. The predicted octanol–water partition coefficient (Wildman–Crippen LogP) is 1.25. The van der Waals surface area contributed by atoms with Crippen LogP contribution in [0.1, 0.15) is 32.1 Å². The Kier molecular flexibility index (Phi) is 5.63. The lowest BCUT2D eigenvalue weighted by Crippen LogP contribution is -2.50. The van der Waals surface area contributed by atoms with E-state index in [1.54, 1.807) is 0 Å². The Morgan fingerprint density at radius 2 is 1.89 bits per heavy atom. The third-order valence-corrected chi connectivity index (χ3v) is 8.51. The van der Waals surface area contributed by atoms with Gasteiger partial charge in [0, 0.05) is 20.1 Å². The van der Waals surface area contributed by atoms with Crippen LogP contribution in [0, 0.1) is 5.92 Å². The molecule has 2 N–H and O–H groups in total. The number of carbonyl (C=O) groups is 1. The largest absolute Gasteiger partial charge is 0.465 e. The second-order valence-corrected chi connectivity index (χ2v) is 10.2. The van der Waals surface area contributed by atoms with Crippen molar-refractivity contribution in [2.75, 3.05) is 26.7 Å². The average Bonchev–Trinajstić information content (AvgIpc) is 3.39. The van der Waals surface area contributed by atoms with Crippen LogP contribution in [0.4, 0.5) is 18.0 Å². The van der Waals surface area contributed by atoms with E-state index in [2.05, 4.69) is 0 Å². The van der Waals surface area contributed by atoms with Gasteiger partial charge in [-0.25, -0.2) is 13.2 Å². The van der Waals surface area contributed by atoms with Crippen molar-refractivity contribution in [1.82, 2.24) is 9.21 Å². The summed E-state index contributed by atoms with van der Waals surface area (Å²) in [6.07, 6.45) is -6.05. The van der Waals surface area contributed by atoms with Gasteiger partial charge in [0.2, 0.25) is 10.0 Å². The van der Waals surface area contributed by atoms with Gasteiger partial charge in [-0.1, -0.05) is 0 Å². The quantitative estimate of drug-likeness (QED) is 0.680. The molecule has 1 unspecified atom stereocenters. The van der Waals surface area contributed by atoms with Gasteiger partial charge in [0.15, 0.2) is 0 Å². The molecule has 3 aliphatic rings. The van der Waals surface area contributed by atoms with Gasteiger partial charge in [-0.2, -0.15) is 17.5 Å². The number of alkyl halides is 3. The maximum atomic E-state index is 13.5. The number of aliphatic hydroxyl groups is 1. The Morgan fingerprint density at radius 1 is 1.32 bits per heavy atom. The number of carboxylic acid groups (broad SMARTS) is 1. The zero-order chi connectivity index (χ0) is 20.9. The lowest BCUT2D eigenvalue weighted by molar-refractivity contribution is -0.226. The van der Waals surface area contributed by atoms with E-state index in [4.69, 9.17) is 9.84 Å². The van der Waals surface area contributed by atoms with Crippen LogP contribution in [-0.2, 0) is 14.8 Å². The summed E-state index contributed by atoms with van der Waals surface area (Å²) in [5.41, 5.74) is -1.03. The van der Waals surface area contributed by atoms with Gasteiger partial charge in [-0.15, -0.1) is 0 Å². The first-order chi connectivity index (χ1) is 12.9. The van der Waals surface area contributed by atoms with E-state index < -0.39 is 57.8 Å². The molecule has 0 aromatic heterocycles. The van der Waals surface area contributed by atoms with Crippen molar-refractivity contribution in [2.45, 2.75) is 61.3 Å². The fraction of sp³-hybridized carbons (Fsp3) is 0.938. The van der Waals surface area contributed by atoms with E-state index in [9.17, 15) is 31.5 Å². The smallest absolute Gasteiger partial charge is 0.407 e. The molecule has 1 saturated carbocycles. The number of likely N-dealkylation sites (N-methyl/N-ethyl adjacent to an activating group) is 1. The molecule has 1 aliphatic carbocycles. The number of piperidine rings is 1. The molecule has 1 amide bonds.